The summed E-state index contributed by atoms with van der Waals surface area (Å²) in [6.45, 7) is 5.35. The van der Waals surface area contributed by atoms with Crippen LogP contribution in [0.1, 0.15) is 74.1 Å². The Hall–Kier alpha value is -2.31. The normalized spacial score (nSPS) is 21.6. The Morgan fingerprint density at radius 1 is 1.18 bits per heavy atom. The second kappa shape index (κ2) is 7.26. The number of benzene rings is 1. The molecule has 1 amide bonds. The smallest absolute Gasteiger partial charge is 0.254 e. The lowest BCUT2D eigenvalue weighted by Crippen LogP contribution is -2.34. The maximum Gasteiger partial charge on any atom is 0.254 e. The van der Waals surface area contributed by atoms with Gasteiger partial charge in [-0.05, 0) is 50.3 Å². The van der Waals surface area contributed by atoms with Crippen LogP contribution in [0.25, 0.3) is 0 Å². The van der Waals surface area contributed by atoms with Gasteiger partial charge in [0.2, 0.25) is 0 Å². The maximum atomic E-state index is 13.6. The van der Waals surface area contributed by atoms with Gasteiger partial charge in [-0.1, -0.05) is 19.3 Å². The molecular formula is C21H26F2N4O. The van der Waals surface area contributed by atoms with Crippen LogP contribution in [0.15, 0.2) is 24.5 Å². The molecule has 2 aliphatic rings. The average Bonchev–Trinajstić information content (AvgIpc) is 3.29. The van der Waals surface area contributed by atoms with E-state index < -0.39 is 11.6 Å². The first kappa shape index (κ1) is 19.0. The van der Waals surface area contributed by atoms with Crippen molar-refractivity contribution in [1.82, 2.24) is 19.7 Å². The second-order valence-corrected chi connectivity index (χ2v) is 8.48. The molecule has 1 saturated carbocycles. The van der Waals surface area contributed by atoms with Crippen LogP contribution in [0.5, 0.6) is 0 Å². The number of hydrogen-bond donors (Lipinski definition) is 0. The summed E-state index contributed by atoms with van der Waals surface area (Å²) < 4.78 is 29.0. The molecule has 7 heteroatoms. The maximum absolute atomic E-state index is 13.6. The van der Waals surface area contributed by atoms with Crippen molar-refractivity contribution in [3.63, 3.8) is 0 Å². The minimum atomic E-state index is -0.992. The summed E-state index contributed by atoms with van der Waals surface area (Å²) in [7, 11) is 0. The molecule has 28 heavy (non-hydrogen) atoms. The highest BCUT2D eigenvalue weighted by atomic mass is 19.2. The minimum absolute atomic E-state index is 0.0217. The molecule has 1 aromatic carbocycles. The first-order valence-electron chi connectivity index (χ1n) is 10.0. The van der Waals surface area contributed by atoms with E-state index in [4.69, 9.17) is 0 Å². The Morgan fingerprint density at radius 3 is 2.61 bits per heavy atom. The van der Waals surface area contributed by atoms with Gasteiger partial charge in [0.1, 0.15) is 12.2 Å². The van der Waals surface area contributed by atoms with Crippen molar-refractivity contribution in [2.75, 3.05) is 13.1 Å². The number of carbonyl (C=O) groups is 1. The van der Waals surface area contributed by atoms with Gasteiger partial charge in [-0.3, -0.25) is 4.79 Å². The fourth-order valence-corrected chi connectivity index (χ4v) is 4.95. The van der Waals surface area contributed by atoms with Gasteiger partial charge in [0.05, 0.1) is 0 Å². The van der Waals surface area contributed by atoms with Crippen LogP contribution in [0.4, 0.5) is 8.78 Å². The molecule has 1 spiro atoms. The summed E-state index contributed by atoms with van der Waals surface area (Å²) in [6.07, 6.45) is 7.34. The van der Waals surface area contributed by atoms with Crippen molar-refractivity contribution in [1.29, 1.82) is 0 Å². The number of hydrogen-bond acceptors (Lipinski definition) is 3. The fraction of sp³-hybridized carbons (Fsp3) is 0.571. The van der Waals surface area contributed by atoms with E-state index in [1.807, 2.05) is 0 Å². The zero-order valence-corrected chi connectivity index (χ0v) is 16.4. The van der Waals surface area contributed by atoms with Gasteiger partial charge in [-0.2, -0.15) is 0 Å². The van der Waals surface area contributed by atoms with E-state index in [9.17, 15) is 13.6 Å². The molecule has 150 valence electrons. The van der Waals surface area contributed by atoms with E-state index in [-0.39, 0.29) is 28.8 Å². The Labute approximate surface area is 163 Å². The van der Waals surface area contributed by atoms with E-state index in [0.29, 0.717) is 13.1 Å². The van der Waals surface area contributed by atoms with Gasteiger partial charge in [-0.25, -0.2) is 8.78 Å². The van der Waals surface area contributed by atoms with Crippen LogP contribution in [0.3, 0.4) is 0 Å². The van der Waals surface area contributed by atoms with Crippen molar-refractivity contribution >= 4 is 5.91 Å². The average molecular weight is 388 g/mol. The first-order valence-corrected chi connectivity index (χ1v) is 10.0. The molecular weight excluding hydrogens is 362 g/mol. The van der Waals surface area contributed by atoms with Crippen LogP contribution in [0.2, 0.25) is 0 Å². The third-order valence-electron chi connectivity index (χ3n) is 6.42. The first-order chi connectivity index (χ1) is 13.4. The Balaban J connectivity index is 1.67. The van der Waals surface area contributed by atoms with Gasteiger partial charge in [0, 0.05) is 30.6 Å². The molecule has 1 saturated heterocycles. The summed E-state index contributed by atoms with van der Waals surface area (Å²) in [5.74, 6) is -1.15. The number of amides is 1. The van der Waals surface area contributed by atoms with Gasteiger partial charge in [-0.15, -0.1) is 10.2 Å². The number of nitrogens with zero attached hydrogens (tertiary/aromatic N) is 4. The molecule has 1 unspecified atom stereocenters. The highest BCUT2D eigenvalue weighted by Gasteiger charge is 2.50. The molecule has 4 rings (SSSR count). The van der Waals surface area contributed by atoms with Gasteiger partial charge >= 0.3 is 0 Å². The topological polar surface area (TPSA) is 51.0 Å². The largest absolute Gasteiger partial charge is 0.337 e. The molecule has 0 N–H and O–H groups in total. The Kier molecular flexibility index (Phi) is 4.93. The zero-order chi connectivity index (χ0) is 19.9. The quantitative estimate of drug-likeness (QED) is 0.787. The summed E-state index contributed by atoms with van der Waals surface area (Å²) in [5.41, 5.74) is 0.169. The highest BCUT2D eigenvalue weighted by molar-refractivity contribution is 5.94. The standard InChI is InChI=1S/C21H26F2N4O/c1-14(2)27-13-24-25-19(27)16-11-26(12-21(16)8-4-3-5-9-21)20(28)15-6-7-17(22)18(23)10-15/h6-7,10,13-14,16H,3-5,8-9,11-12H2,1-2H3. The second-order valence-electron chi connectivity index (χ2n) is 8.48. The lowest BCUT2D eigenvalue weighted by atomic mass is 9.67. The van der Waals surface area contributed by atoms with E-state index in [2.05, 4.69) is 28.6 Å². The number of halogens is 2. The predicted molar refractivity (Wildman–Crippen MR) is 101 cm³/mol. The minimum Gasteiger partial charge on any atom is -0.337 e. The van der Waals surface area contributed by atoms with Crippen molar-refractivity contribution in [2.45, 2.75) is 57.9 Å². The van der Waals surface area contributed by atoms with Crippen molar-refractivity contribution in [2.24, 2.45) is 5.41 Å². The molecule has 2 fully saturated rings. The number of carbonyl (C=O) groups excluding carboxylic acids is 1. The van der Waals surface area contributed by atoms with E-state index in [1.165, 1.54) is 12.5 Å². The molecule has 1 atom stereocenters. The van der Waals surface area contributed by atoms with E-state index in [1.54, 1.807) is 11.2 Å². The van der Waals surface area contributed by atoms with Crippen LogP contribution >= 0.6 is 0 Å². The predicted octanol–water partition coefficient (Wildman–Crippen LogP) is 4.33. The highest BCUT2D eigenvalue weighted by Crippen LogP contribution is 2.52. The van der Waals surface area contributed by atoms with Crippen LogP contribution < -0.4 is 0 Å². The molecule has 1 aliphatic carbocycles. The zero-order valence-electron chi connectivity index (χ0n) is 16.4. The van der Waals surface area contributed by atoms with Crippen molar-refractivity contribution < 1.29 is 13.6 Å². The van der Waals surface area contributed by atoms with Crippen LogP contribution in [-0.2, 0) is 0 Å². The molecule has 2 aromatic rings. The molecule has 1 aliphatic heterocycles. The fourth-order valence-electron chi connectivity index (χ4n) is 4.95. The van der Waals surface area contributed by atoms with Crippen molar-refractivity contribution in [3.8, 4) is 0 Å². The molecule has 1 aromatic heterocycles. The van der Waals surface area contributed by atoms with Gasteiger partial charge < -0.3 is 9.47 Å². The molecule has 2 heterocycles. The summed E-state index contributed by atoms with van der Waals surface area (Å²) >= 11 is 0. The van der Waals surface area contributed by atoms with E-state index >= 15 is 0 Å². The van der Waals surface area contributed by atoms with Crippen LogP contribution in [0, 0.1) is 17.0 Å². The third-order valence-corrected chi connectivity index (χ3v) is 6.42. The Bertz CT molecular complexity index is 873. The van der Waals surface area contributed by atoms with Gasteiger partial charge in [0.25, 0.3) is 5.91 Å². The number of likely N-dealkylation sites (tertiary alicyclic amines) is 1. The van der Waals surface area contributed by atoms with Crippen molar-refractivity contribution in [3.05, 3.63) is 47.5 Å². The lowest BCUT2D eigenvalue weighted by molar-refractivity contribution is 0.0757. The third kappa shape index (κ3) is 3.20. The molecule has 5 nitrogen and oxygen atoms in total. The van der Waals surface area contributed by atoms with E-state index in [0.717, 1.165) is 43.6 Å². The van der Waals surface area contributed by atoms with Crippen LogP contribution in [-0.4, -0.2) is 38.7 Å². The summed E-state index contributed by atoms with van der Waals surface area (Å²) in [4.78, 5) is 14.9. The number of aromatic nitrogens is 3. The molecule has 0 radical (unpaired) electrons. The summed E-state index contributed by atoms with van der Waals surface area (Å²) in [6, 6.07) is 3.61. The number of rotatable bonds is 3. The SMILES string of the molecule is CC(C)n1cnnc1C1CN(C(=O)c2ccc(F)c(F)c2)CC12CCCCC2. The Morgan fingerprint density at radius 2 is 1.93 bits per heavy atom. The van der Waals surface area contributed by atoms with Gasteiger partial charge in [0.15, 0.2) is 11.6 Å². The molecule has 0 bridgehead atoms. The lowest BCUT2D eigenvalue weighted by Gasteiger charge is -2.37. The summed E-state index contributed by atoms with van der Waals surface area (Å²) in [5, 5.41) is 8.56. The monoisotopic (exact) mass is 388 g/mol.